The summed E-state index contributed by atoms with van der Waals surface area (Å²) in [4.78, 5) is 0. The van der Waals surface area contributed by atoms with E-state index in [1.54, 1.807) is 0 Å². The minimum absolute atomic E-state index is 0.0810. The number of hydrogen-bond acceptors (Lipinski definition) is 2. The largest absolute Gasteiger partial charge is 0.344 e. The zero-order chi connectivity index (χ0) is 14.6. The summed E-state index contributed by atoms with van der Waals surface area (Å²) in [5, 5.41) is 0. The highest BCUT2D eigenvalue weighted by Crippen LogP contribution is 2.75. The summed E-state index contributed by atoms with van der Waals surface area (Å²) in [7, 11) is 0. The third-order valence-corrected chi connectivity index (χ3v) is 7.73. The van der Waals surface area contributed by atoms with Crippen LogP contribution < -0.4 is 0 Å². The number of rotatable bonds is 0. The molecule has 3 aliphatic carbocycles. The maximum Gasteiger partial charge on any atom is 0.164 e. The van der Waals surface area contributed by atoms with E-state index in [1.807, 2.05) is 0 Å². The smallest absolute Gasteiger partial charge is 0.164 e. The summed E-state index contributed by atoms with van der Waals surface area (Å²) >= 11 is 0. The SMILES string of the molecule is C[C@@H]1CC[C@H]2C(C)(C)[C@@H]3CC12C[C@@H]1OC(C)(C)O[C@]13C. The van der Waals surface area contributed by atoms with E-state index in [1.165, 1.54) is 25.7 Å². The third-order valence-electron chi connectivity index (χ3n) is 7.73. The van der Waals surface area contributed by atoms with Crippen molar-refractivity contribution in [1.82, 2.24) is 0 Å². The van der Waals surface area contributed by atoms with Crippen molar-refractivity contribution in [2.75, 3.05) is 0 Å². The molecular weight excluding hydrogens is 248 g/mol. The first-order chi connectivity index (χ1) is 9.12. The molecule has 2 nitrogen and oxygen atoms in total. The molecule has 1 saturated heterocycles. The van der Waals surface area contributed by atoms with Crippen LogP contribution >= 0.6 is 0 Å². The van der Waals surface area contributed by atoms with Crippen LogP contribution in [0.25, 0.3) is 0 Å². The minimum Gasteiger partial charge on any atom is -0.344 e. The minimum atomic E-state index is -0.409. The molecule has 1 spiro atoms. The second kappa shape index (κ2) is 3.46. The second-order valence-electron chi connectivity index (χ2n) is 9.34. The van der Waals surface area contributed by atoms with E-state index < -0.39 is 5.79 Å². The predicted molar refractivity (Wildman–Crippen MR) is 79.3 cm³/mol. The van der Waals surface area contributed by atoms with Gasteiger partial charge in [0.25, 0.3) is 0 Å². The van der Waals surface area contributed by atoms with Crippen molar-refractivity contribution in [3.8, 4) is 0 Å². The molecule has 0 radical (unpaired) electrons. The molecule has 4 aliphatic rings. The fourth-order valence-electron chi connectivity index (χ4n) is 7.01. The van der Waals surface area contributed by atoms with Gasteiger partial charge < -0.3 is 9.47 Å². The Bertz CT molecular complexity index is 454. The standard InChI is InChI=1S/C18H30O2/c1-11-7-8-12-15(2,3)13-9-18(11,12)10-14-17(13,6)20-16(4,5)19-14/h11-14H,7-10H2,1-6H3/t11-,12+,13+,14+,17+,18?/m1/s1. The third kappa shape index (κ3) is 1.34. The lowest BCUT2D eigenvalue weighted by Gasteiger charge is -2.47. The molecule has 0 N–H and O–H groups in total. The van der Waals surface area contributed by atoms with Crippen LogP contribution in [-0.2, 0) is 9.47 Å². The molecule has 0 aromatic heterocycles. The molecule has 1 aliphatic heterocycles. The molecule has 2 heteroatoms. The number of hydrogen-bond donors (Lipinski definition) is 0. The first-order valence-electron chi connectivity index (χ1n) is 8.50. The Morgan fingerprint density at radius 3 is 2.30 bits per heavy atom. The summed E-state index contributed by atoms with van der Waals surface area (Å²) in [5.41, 5.74) is 0.836. The first-order valence-corrected chi connectivity index (χ1v) is 8.50. The van der Waals surface area contributed by atoms with Crippen LogP contribution in [0.3, 0.4) is 0 Å². The summed E-state index contributed by atoms with van der Waals surface area (Å²) in [6.45, 7) is 14.0. The van der Waals surface area contributed by atoms with Gasteiger partial charge in [0.05, 0.1) is 11.7 Å². The van der Waals surface area contributed by atoms with Gasteiger partial charge in [-0.15, -0.1) is 0 Å². The summed E-state index contributed by atoms with van der Waals surface area (Å²) < 4.78 is 12.8. The summed E-state index contributed by atoms with van der Waals surface area (Å²) in [5.74, 6) is 1.96. The highest BCUT2D eigenvalue weighted by atomic mass is 16.8. The van der Waals surface area contributed by atoms with E-state index in [9.17, 15) is 0 Å². The Labute approximate surface area is 123 Å². The van der Waals surface area contributed by atoms with Crippen LogP contribution in [-0.4, -0.2) is 17.5 Å². The van der Waals surface area contributed by atoms with E-state index in [0.29, 0.717) is 22.9 Å². The average molecular weight is 278 g/mol. The normalized spacial score (nSPS) is 58.5. The molecule has 1 heterocycles. The first kappa shape index (κ1) is 13.6. The van der Waals surface area contributed by atoms with Crippen LogP contribution in [0.5, 0.6) is 0 Å². The van der Waals surface area contributed by atoms with Gasteiger partial charge in [0.1, 0.15) is 0 Å². The van der Waals surface area contributed by atoms with E-state index in [2.05, 4.69) is 41.5 Å². The maximum absolute atomic E-state index is 6.48. The Hall–Kier alpha value is -0.0800. The quantitative estimate of drug-likeness (QED) is 0.654. The molecule has 114 valence electrons. The van der Waals surface area contributed by atoms with Crippen molar-refractivity contribution >= 4 is 0 Å². The van der Waals surface area contributed by atoms with Crippen LogP contribution in [0.15, 0.2) is 0 Å². The second-order valence-corrected chi connectivity index (χ2v) is 9.34. The van der Waals surface area contributed by atoms with Gasteiger partial charge in [-0.3, -0.25) is 0 Å². The van der Waals surface area contributed by atoms with Gasteiger partial charge in [0, 0.05) is 0 Å². The molecule has 3 saturated carbocycles. The van der Waals surface area contributed by atoms with E-state index in [0.717, 1.165) is 11.8 Å². The lowest BCUT2D eigenvalue weighted by atomic mass is 9.63. The highest BCUT2D eigenvalue weighted by Gasteiger charge is 2.73. The Balaban J connectivity index is 1.82. The molecule has 0 aromatic carbocycles. The Morgan fingerprint density at radius 1 is 0.900 bits per heavy atom. The lowest BCUT2D eigenvalue weighted by molar-refractivity contribution is -0.177. The molecular formula is C18H30O2. The van der Waals surface area contributed by atoms with Crippen LogP contribution in [0.2, 0.25) is 0 Å². The van der Waals surface area contributed by atoms with Crippen LogP contribution in [0.4, 0.5) is 0 Å². The van der Waals surface area contributed by atoms with E-state index >= 15 is 0 Å². The number of fused-ring (bicyclic) bond motifs is 3. The van der Waals surface area contributed by atoms with Crippen molar-refractivity contribution < 1.29 is 9.47 Å². The molecule has 4 rings (SSSR count). The van der Waals surface area contributed by atoms with Gasteiger partial charge in [0.15, 0.2) is 5.79 Å². The van der Waals surface area contributed by atoms with Crippen molar-refractivity contribution in [2.24, 2.45) is 28.6 Å². The van der Waals surface area contributed by atoms with Gasteiger partial charge in [-0.1, -0.05) is 20.8 Å². The zero-order valence-corrected chi connectivity index (χ0v) is 14.0. The van der Waals surface area contributed by atoms with Crippen LogP contribution in [0.1, 0.15) is 67.2 Å². The van der Waals surface area contributed by atoms with Gasteiger partial charge in [-0.25, -0.2) is 0 Å². The molecule has 4 fully saturated rings. The average Bonchev–Trinajstić information content (AvgIpc) is 2.80. The van der Waals surface area contributed by atoms with Gasteiger partial charge in [-0.05, 0) is 75.0 Å². The van der Waals surface area contributed by atoms with Crippen molar-refractivity contribution in [1.29, 1.82) is 0 Å². The molecule has 0 aromatic rings. The van der Waals surface area contributed by atoms with E-state index in [-0.39, 0.29) is 5.60 Å². The summed E-state index contributed by atoms with van der Waals surface area (Å²) in [6.07, 6.45) is 5.70. The van der Waals surface area contributed by atoms with Gasteiger partial charge in [0.2, 0.25) is 0 Å². The predicted octanol–water partition coefficient (Wildman–Crippen LogP) is 4.38. The molecule has 2 bridgehead atoms. The number of ether oxygens (including phenoxy) is 2. The molecule has 20 heavy (non-hydrogen) atoms. The fourth-order valence-corrected chi connectivity index (χ4v) is 7.01. The monoisotopic (exact) mass is 278 g/mol. The lowest BCUT2D eigenvalue weighted by Crippen LogP contribution is -2.52. The maximum atomic E-state index is 6.48. The molecule has 0 amide bonds. The topological polar surface area (TPSA) is 18.5 Å². The highest BCUT2D eigenvalue weighted by molar-refractivity contribution is 5.21. The van der Waals surface area contributed by atoms with Crippen molar-refractivity contribution in [3.05, 3.63) is 0 Å². The van der Waals surface area contributed by atoms with Gasteiger partial charge in [-0.2, -0.15) is 0 Å². The zero-order valence-electron chi connectivity index (χ0n) is 14.0. The van der Waals surface area contributed by atoms with Crippen molar-refractivity contribution in [3.63, 3.8) is 0 Å². The van der Waals surface area contributed by atoms with Gasteiger partial charge >= 0.3 is 0 Å². The van der Waals surface area contributed by atoms with Crippen LogP contribution in [0, 0.1) is 28.6 Å². The summed E-state index contributed by atoms with van der Waals surface area (Å²) in [6, 6.07) is 0. The molecule has 1 unspecified atom stereocenters. The fraction of sp³-hybridized carbons (Fsp3) is 1.00. The van der Waals surface area contributed by atoms with Crippen molar-refractivity contribution in [2.45, 2.75) is 84.7 Å². The Kier molecular flexibility index (Phi) is 2.35. The Morgan fingerprint density at radius 2 is 1.60 bits per heavy atom. The van der Waals surface area contributed by atoms with E-state index in [4.69, 9.17) is 9.47 Å². The molecule has 6 atom stereocenters.